The molecule has 0 atom stereocenters. The molecule has 0 amide bonds. The third kappa shape index (κ3) is 8.46. The van der Waals surface area contributed by atoms with Gasteiger partial charge in [0.2, 0.25) is 0 Å². The van der Waals surface area contributed by atoms with Gasteiger partial charge in [-0.25, -0.2) is 9.97 Å². The van der Waals surface area contributed by atoms with Crippen molar-refractivity contribution in [2.75, 3.05) is 0 Å². The average Bonchev–Trinajstić information content (AvgIpc) is 3.42. The molecule has 0 N–H and O–H groups in total. The molecular weight excluding hydrogens is 432 g/mol. The third-order valence-corrected chi connectivity index (χ3v) is 5.64. The van der Waals surface area contributed by atoms with Crippen LogP contribution in [0.25, 0.3) is 5.69 Å². The van der Waals surface area contributed by atoms with Gasteiger partial charge in [-0.3, -0.25) is 4.57 Å². The molecule has 0 unspecified atom stereocenters. The average molecular weight is 469 g/mol. The Kier molecular flexibility index (Phi) is 11.3. The number of rotatable bonds is 5. The Morgan fingerprint density at radius 3 is 2.23 bits per heavy atom. The fraction of sp³-hybridized carbons (Fsp3) is 0.345. The van der Waals surface area contributed by atoms with Gasteiger partial charge in [-0.1, -0.05) is 51.5 Å². The summed E-state index contributed by atoms with van der Waals surface area (Å²) < 4.78 is 1.90. The molecule has 2 heterocycles. The molecule has 0 bridgehead atoms. The molecule has 182 valence electrons. The Morgan fingerprint density at radius 2 is 1.63 bits per heavy atom. The van der Waals surface area contributed by atoms with E-state index in [2.05, 4.69) is 66.1 Å². The number of nitriles is 1. The van der Waals surface area contributed by atoms with Crippen molar-refractivity contribution >= 4 is 0 Å². The van der Waals surface area contributed by atoms with E-state index in [0.717, 1.165) is 53.8 Å². The van der Waals surface area contributed by atoms with Crippen molar-refractivity contribution in [3.05, 3.63) is 101 Å². The molecule has 4 aromatic rings. The van der Waals surface area contributed by atoms with Gasteiger partial charge < -0.3 is 0 Å². The van der Waals surface area contributed by atoms with Crippen LogP contribution in [0.2, 0.25) is 0 Å². The lowest BCUT2D eigenvalue weighted by Gasteiger charge is -2.06. The summed E-state index contributed by atoms with van der Waals surface area (Å²) in [5, 5.41) is 16.1. The lowest BCUT2D eigenvalue weighted by Crippen LogP contribution is -2.01. The molecule has 6 heteroatoms. The van der Waals surface area contributed by atoms with Crippen LogP contribution in [-0.2, 0) is 19.3 Å². The van der Waals surface area contributed by atoms with Gasteiger partial charge >= 0.3 is 0 Å². The van der Waals surface area contributed by atoms with Crippen molar-refractivity contribution in [1.29, 1.82) is 5.26 Å². The first kappa shape index (κ1) is 27.4. The van der Waals surface area contributed by atoms with Crippen LogP contribution >= 0.6 is 0 Å². The summed E-state index contributed by atoms with van der Waals surface area (Å²) in [6.07, 6.45) is 9.40. The van der Waals surface area contributed by atoms with Crippen molar-refractivity contribution < 1.29 is 0 Å². The van der Waals surface area contributed by atoms with Crippen molar-refractivity contribution in [2.24, 2.45) is 0 Å². The first-order valence-electron chi connectivity index (χ1n) is 12.1. The number of hydrogen-bond acceptors (Lipinski definition) is 5. The molecule has 0 fully saturated rings. The number of aromatic nitrogens is 5. The topological polar surface area (TPSA) is 80.3 Å². The smallest absolute Gasteiger partial charge is 0.123 e. The van der Waals surface area contributed by atoms with Gasteiger partial charge in [0.05, 0.1) is 11.6 Å². The van der Waals surface area contributed by atoms with Crippen LogP contribution in [0.3, 0.4) is 0 Å². The molecule has 35 heavy (non-hydrogen) atoms. The van der Waals surface area contributed by atoms with E-state index in [1.54, 1.807) is 19.0 Å². The molecular formula is C29H36N6. The molecule has 0 radical (unpaired) electrons. The van der Waals surface area contributed by atoms with Crippen LogP contribution in [0.4, 0.5) is 0 Å². The highest BCUT2D eigenvalue weighted by Gasteiger charge is 2.04. The summed E-state index contributed by atoms with van der Waals surface area (Å²) in [5.74, 6) is 0. The second-order valence-electron chi connectivity index (χ2n) is 8.31. The number of hydrogen-bond donors (Lipinski definition) is 0. The van der Waals surface area contributed by atoms with E-state index in [-0.39, 0.29) is 0 Å². The summed E-state index contributed by atoms with van der Waals surface area (Å²) in [4.78, 5) is 8.47. The highest BCUT2D eigenvalue weighted by molar-refractivity contribution is 5.39. The lowest BCUT2D eigenvalue weighted by atomic mass is 10.1. The van der Waals surface area contributed by atoms with E-state index in [1.807, 2.05) is 48.7 Å². The van der Waals surface area contributed by atoms with Crippen molar-refractivity contribution in [3.8, 4) is 11.8 Å². The maximum absolute atomic E-state index is 8.59. The summed E-state index contributed by atoms with van der Waals surface area (Å²) >= 11 is 0. The zero-order valence-corrected chi connectivity index (χ0v) is 21.8. The molecule has 6 nitrogen and oxygen atoms in total. The zero-order chi connectivity index (χ0) is 25.6. The van der Waals surface area contributed by atoms with E-state index < -0.39 is 0 Å². The first-order chi connectivity index (χ1) is 16.9. The van der Waals surface area contributed by atoms with E-state index in [4.69, 9.17) is 5.26 Å². The van der Waals surface area contributed by atoms with E-state index in [0.29, 0.717) is 0 Å². The predicted molar refractivity (Wildman–Crippen MR) is 142 cm³/mol. The molecule has 0 aliphatic heterocycles. The number of nitrogens with zero attached hydrogens (tertiary/aromatic N) is 6. The fourth-order valence-electron chi connectivity index (χ4n) is 3.59. The lowest BCUT2D eigenvalue weighted by molar-refractivity contribution is 0.832. The van der Waals surface area contributed by atoms with Crippen LogP contribution < -0.4 is 0 Å². The maximum Gasteiger partial charge on any atom is 0.123 e. The number of benzene rings is 2. The molecule has 0 aliphatic rings. The van der Waals surface area contributed by atoms with Crippen molar-refractivity contribution in [2.45, 2.75) is 67.2 Å². The van der Waals surface area contributed by atoms with Gasteiger partial charge in [-0.15, -0.1) is 10.2 Å². The zero-order valence-electron chi connectivity index (χ0n) is 21.8. The van der Waals surface area contributed by atoms with Gasteiger partial charge in [0.25, 0.3) is 0 Å². The molecule has 0 aliphatic carbocycles. The predicted octanol–water partition coefficient (Wildman–Crippen LogP) is 6.30. The minimum atomic E-state index is 0.778. The minimum absolute atomic E-state index is 0.778. The Hall–Kier alpha value is -3.85. The van der Waals surface area contributed by atoms with E-state index in [1.165, 1.54) is 16.8 Å². The normalized spacial score (nSPS) is 9.86. The summed E-state index contributed by atoms with van der Waals surface area (Å²) in [7, 11) is 0. The number of aryl methyl sites for hydroxylation is 5. The highest BCUT2D eigenvalue weighted by atomic mass is 15.2. The van der Waals surface area contributed by atoms with Gasteiger partial charge in [-0.2, -0.15) is 5.26 Å². The summed E-state index contributed by atoms with van der Waals surface area (Å²) in [6.45, 7) is 12.5. The van der Waals surface area contributed by atoms with Crippen LogP contribution in [-0.4, -0.2) is 24.7 Å². The summed E-state index contributed by atoms with van der Waals surface area (Å²) in [5.41, 5.74) is 9.11. The molecule has 0 saturated carbocycles. The van der Waals surface area contributed by atoms with E-state index >= 15 is 0 Å². The Balaban J connectivity index is 0.000000187. The molecule has 4 rings (SSSR count). The molecule has 2 aromatic carbocycles. The first-order valence-corrected chi connectivity index (χ1v) is 12.1. The van der Waals surface area contributed by atoms with Gasteiger partial charge in [-0.05, 0) is 80.5 Å². The largest absolute Gasteiger partial charge is 0.288 e. The summed E-state index contributed by atoms with van der Waals surface area (Å²) in [6, 6.07) is 16.4. The highest BCUT2D eigenvalue weighted by Crippen LogP contribution is 2.12. The molecule has 0 saturated heterocycles. The Morgan fingerprint density at radius 1 is 0.886 bits per heavy atom. The second kappa shape index (κ2) is 14.4. The SMILES string of the molecule is CCCc1ncnc(C)c1CC.CCc1cccc(-n2cnnc2)c1.Cc1ccc(C)c(C#N)c1. The molecule has 2 aromatic heterocycles. The minimum Gasteiger partial charge on any atom is -0.288 e. The van der Waals surface area contributed by atoms with Gasteiger partial charge in [0.15, 0.2) is 0 Å². The van der Waals surface area contributed by atoms with Gasteiger partial charge in [0, 0.05) is 17.1 Å². The monoisotopic (exact) mass is 468 g/mol. The standard InChI is InChI=1S/C10H11N3.C10H16N2.C9H9N/c1-2-9-4-3-5-10(6-9)13-7-11-12-8-13;1-4-6-10-9(5-2)8(3)11-7-12-10;1-7-3-4-8(2)9(5-7)6-10/h3-8H,2H2,1H3;7H,4-6H2,1-3H3;3-5H,1-2H3. The van der Waals surface area contributed by atoms with Gasteiger partial charge in [0.1, 0.15) is 19.0 Å². The fourth-order valence-corrected chi connectivity index (χ4v) is 3.59. The van der Waals surface area contributed by atoms with Crippen LogP contribution in [0.1, 0.15) is 66.4 Å². The maximum atomic E-state index is 8.59. The van der Waals surface area contributed by atoms with Crippen LogP contribution in [0.5, 0.6) is 0 Å². The van der Waals surface area contributed by atoms with Crippen LogP contribution in [0.15, 0.2) is 61.4 Å². The second-order valence-corrected chi connectivity index (χ2v) is 8.31. The third-order valence-electron chi connectivity index (χ3n) is 5.64. The quantitative estimate of drug-likeness (QED) is 0.343. The Bertz CT molecular complexity index is 1220. The van der Waals surface area contributed by atoms with Crippen LogP contribution in [0, 0.1) is 32.1 Å². The Labute approximate surface area is 209 Å². The van der Waals surface area contributed by atoms with Crippen molar-refractivity contribution in [3.63, 3.8) is 0 Å². The van der Waals surface area contributed by atoms with Crippen molar-refractivity contribution in [1.82, 2.24) is 24.7 Å². The molecule has 0 spiro atoms. The van der Waals surface area contributed by atoms with E-state index in [9.17, 15) is 0 Å².